The SMILES string of the molecule is CC.CN(C)C1=CC=C(N)CC1. The normalized spacial score (nSPS) is 15.3. The van der Waals surface area contributed by atoms with E-state index in [0.717, 1.165) is 18.5 Å². The fourth-order valence-corrected chi connectivity index (χ4v) is 1.01. The molecule has 0 spiro atoms. The van der Waals surface area contributed by atoms with Crippen LogP contribution in [0.3, 0.4) is 0 Å². The number of nitrogens with two attached hydrogens (primary N) is 1. The van der Waals surface area contributed by atoms with Crippen LogP contribution >= 0.6 is 0 Å². The molecule has 12 heavy (non-hydrogen) atoms. The Morgan fingerprint density at radius 3 is 2.08 bits per heavy atom. The maximum atomic E-state index is 5.60. The first kappa shape index (κ1) is 11.1. The average Bonchev–Trinajstić information content (AvgIpc) is 2.09. The summed E-state index contributed by atoms with van der Waals surface area (Å²) in [5, 5.41) is 0. The molecule has 2 N–H and O–H groups in total. The highest BCUT2D eigenvalue weighted by molar-refractivity contribution is 5.20. The van der Waals surface area contributed by atoms with Crippen LogP contribution in [0.2, 0.25) is 0 Å². The lowest BCUT2D eigenvalue weighted by Gasteiger charge is -2.19. The Balaban J connectivity index is 0.000000561. The Morgan fingerprint density at radius 2 is 1.75 bits per heavy atom. The van der Waals surface area contributed by atoms with E-state index < -0.39 is 0 Å². The van der Waals surface area contributed by atoms with Gasteiger partial charge in [-0.25, -0.2) is 0 Å². The van der Waals surface area contributed by atoms with Crippen LogP contribution in [0.5, 0.6) is 0 Å². The predicted octanol–water partition coefficient (Wildman–Crippen LogP) is 2.09. The van der Waals surface area contributed by atoms with Crippen LogP contribution < -0.4 is 5.73 Å². The molecule has 0 aliphatic heterocycles. The van der Waals surface area contributed by atoms with E-state index in [2.05, 4.69) is 25.1 Å². The second-order valence-corrected chi connectivity index (χ2v) is 2.79. The van der Waals surface area contributed by atoms with Crippen LogP contribution in [-0.4, -0.2) is 19.0 Å². The molecule has 0 aromatic heterocycles. The van der Waals surface area contributed by atoms with Crippen LogP contribution in [-0.2, 0) is 0 Å². The molecule has 0 atom stereocenters. The van der Waals surface area contributed by atoms with Crippen LogP contribution in [0.25, 0.3) is 0 Å². The summed E-state index contributed by atoms with van der Waals surface area (Å²) < 4.78 is 0. The summed E-state index contributed by atoms with van der Waals surface area (Å²) in [4.78, 5) is 2.13. The van der Waals surface area contributed by atoms with Crippen molar-refractivity contribution in [1.82, 2.24) is 4.90 Å². The Kier molecular flexibility index (Phi) is 5.26. The van der Waals surface area contributed by atoms with Crippen molar-refractivity contribution >= 4 is 0 Å². The zero-order valence-corrected chi connectivity index (χ0v) is 8.59. The first-order chi connectivity index (χ1) is 5.70. The molecule has 0 radical (unpaired) electrons. The van der Waals surface area contributed by atoms with Crippen LogP contribution in [0.1, 0.15) is 26.7 Å². The zero-order chi connectivity index (χ0) is 9.56. The molecule has 0 fully saturated rings. The van der Waals surface area contributed by atoms with Gasteiger partial charge in [-0.15, -0.1) is 0 Å². The number of hydrogen-bond donors (Lipinski definition) is 1. The van der Waals surface area contributed by atoms with E-state index in [4.69, 9.17) is 5.73 Å². The maximum Gasteiger partial charge on any atom is 0.0132 e. The van der Waals surface area contributed by atoms with Crippen molar-refractivity contribution < 1.29 is 0 Å². The number of rotatable bonds is 1. The molecule has 1 aliphatic carbocycles. The van der Waals surface area contributed by atoms with Gasteiger partial charge in [-0.3, -0.25) is 0 Å². The van der Waals surface area contributed by atoms with Gasteiger partial charge in [0, 0.05) is 25.5 Å². The van der Waals surface area contributed by atoms with Crippen molar-refractivity contribution in [3.63, 3.8) is 0 Å². The molecule has 0 saturated carbocycles. The minimum atomic E-state index is 0.991. The Morgan fingerprint density at radius 1 is 1.17 bits per heavy atom. The molecule has 0 amide bonds. The van der Waals surface area contributed by atoms with Gasteiger partial charge < -0.3 is 10.6 Å². The molecule has 0 saturated heterocycles. The number of allylic oxidation sites excluding steroid dienone is 4. The highest BCUT2D eigenvalue weighted by atomic mass is 15.1. The second-order valence-electron chi connectivity index (χ2n) is 2.79. The predicted molar refractivity (Wildman–Crippen MR) is 54.6 cm³/mol. The first-order valence-electron chi connectivity index (χ1n) is 4.52. The number of nitrogens with zero attached hydrogens (tertiary/aromatic N) is 1. The molecule has 2 heteroatoms. The van der Waals surface area contributed by atoms with Crippen molar-refractivity contribution in [2.75, 3.05) is 14.1 Å². The third-order valence-corrected chi connectivity index (χ3v) is 1.73. The zero-order valence-electron chi connectivity index (χ0n) is 8.59. The smallest absolute Gasteiger partial charge is 0.0132 e. The largest absolute Gasteiger partial charge is 0.402 e. The topological polar surface area (TPSA) is 29.3 Å². The van der Waals surface area contributed by atoms with Gasteiger partial charge in [-0.1, -0.05) is 13.8 Å². The van der Waals surface area contributed by atoms with E-state index in [1.54, 1.807) is 0 Å². The first-order valence-corrected chi connectivity index (χ1v) is 4.52. The Labute approximate surface area is 75.7 Å². The van der Waals surface area contributed by atoms with E-state index in [1.807, 2.05) is 19.9 Å². The molecular formula is C10H20N2. The molecule has 70 valence electrons. The summed E-state index contributed by atoms with van der Waals surface area (Å²) in [6, 6.07) is 0. The molecule has 0 aromatic carbocycles. The third-order valence-electron chi connectivity index (χ3n) is 1.73. The van der Waals surface area contributed by atoms with Crippen molar-refractivity contribution in [1.29, 1.82) is 0 Å². The standard InChI is InChI=1S/C8H14N2.C2H6/c1-10(2)8-5-3-7(9)4-6-8;1-2/h3,5H,4,6,9H2,1-2H3;1-2H3. The Bertz CT molecular complexity index is 178. The molecule has 0 bridgehead atoms. The fourth-order valence-electron chi connectivity index (χ4n) is 1.01. The highest BCUT2D eigenvalue weighted by Gasteiger charge is 2.03. The van der Waals surface area contributed by atoms with Gasteiger partial charge in [0.2, 0.25) is 0 Å². The average molecular weight is 168 g/mol. The molecular weight excluding hydrogens is 148 g/mol. The third kappa shape index (κ3) is 3.46. The van der Waals surface area contributed by atoms with Crippen LogP contribution in [0.15, 0.2) is 23.5 Å². The van der Waals surface area contributed by atoms with Gasteiger partial charge in [-0.2, -0.15) is 0 Å². The quantitative estimate of drug-likeness (QED) is 0.649. The van der Waals surface area contributed by atoms with Crippen molar-refractivity contribution in [2.24, 2.45) is 5.73 Å². The summed E-state index contributed by atoms with van der Waals surface area (Å²) in [7, 11) is 4.11. The molecule has 0 unspecified atom stereocenters. The van der Waals surface area contributed by atoms with E-state index in [-0.39, 0.29) is 0 Å². The minimum absolute atomic E-state index is 0.991. The maximum absolute atomic E-state index is 5.60. The van der Waals surface area contributed by atoms with Gasteiger partial charge in [0.25, 0.3) is 0 Å². The Hall–Kier alpha value is -0.920. The molecule has 0 heterocycles. The van der Waals surface area contributed by atoms with Crippen LogP contribution in [0, 0.1) is 0 Å². The van der Waals surface area contributed by atoms with E-state index in [1.165, 1.54) is 5.70 Å². The lowest BCUT2D eigenvalue weighted by atomic mass is 10.1. The highest BCUT2D eigenvalue weighted by Crippen LogP contribution is 2.15. The van der Waals surface area contributed by atoms with E-state index in [9.17, 15) is 0 Å². The van der Waals surface area contributed by atoms with Crippen molar-refractivity contribution in [3.05, 3.63) is 23.5 Å². The van der Waals surface area contributed by atoms with E-state index in [0.29, 0.717) is 0 Å². The molecule has 0 aromatic rings. The fraction of sp³-hybridized carbons (Fsp3) is 0.600. The molecule has 2 nitrogen and oxygen atoms in total. The number of hydrogen-bond acceptors (Lipinski definition) is 2. The summed E-state index contributed by atoms with van der Waals surface area (Å²) in [6.07, 6.45) is 6.15. The summed E-state index contributed by atoms with van der Waals surface area (Å²) in [5.74, 6) is 0. The van der Waals surface area contributed by atoms with E-state index >= 15 is 0 Å². The van der Waals surface area contributed by atoms with Gasteiger partial charge in [0.05, 0.1) is 0 Å². The summed E-state index contributed by atoms with van der Waals surface area (Å²) >= 11 is 0. The lowest BCUT2D eigenvalue weighted by molar-refractivity contribution is 0.483. The van der Waals surface area contributed by atoms with Crippen molar-refractivity contribution in [2.45, 2.75) is 26.7 Å². The summed E-state index contributed by atoms with van der Waals surface area (Å²) in [6.45, 7) is 4.00. The monoisotopic (exact) mass is 168 g/mol. The molecule has 1 aliphatic rings. The van der Waals surface area contributed by atoms with Crippen molar-refractivity contribution in [3.8, 4) is 0 Å². The van der Waals surface area contributed by atoms with Crippen LogP contribution in [0.4, 0.5) is 0 Å². The van der Waals surface area contributed by atoms with Gasteiger partial charge >= 0.3 is 0 Å². The van der Waals surface area contributed by atoms with Gasteiger partial charge in [0.1, 0.15) is 0 Å². The van der Waals surface area contributed by atoms with Gasteiger partial charge in [0.15, 0.2) is 0 Å². The second kappa shape index (κ2) is 5.70. The molecule has 1 rings (SSSR count). The lowest BCUT2D eigenvalue weighted by Crippen LogP contribution is -2.14. The minimum Gasteiger partial charge on any atom is -0.402 e. The van der Waals surface area contributed by atoms with Gasteiger partial charge in [-0.05, 0) is 25.0 Å². The summed E-state index contributed by atoms with van der Waals surface area (Å²) in [5.41, 5.74) is 7.94.